The molecule has 0 aromatic heterocycles. The summed E-state index contributed by atoms with van der Waals surface area (Å²) in [5.41, 5.74) is 1.89. The lowest BCUT2D eigenvalue weighted by molar-refractivity contribution is -0.120. The highest BCUT2D eigenvalue weighted by Crippen LogP contribution is 2.39. The van der Waals surface area contributed by atoms with E-state index in [1.807, 2.05) is 6.92 Å². The minimum atomic E-state index is -3.69. The summed E-state index contributed by atoms with van der Waals surface area (Å²) < 4.78 is 38.8. The number of halogens is 2. The van der Waals surface area contributed by atoms with Crippen molar-refractivity contribution in [3.63, 3.8) is 0 Å². The molecular formula is C22H22ClFN2O4S. The maximum Gasteiger partial charge on any atom is 0.230 e. The van der Waals surface area contributed by atoms with E-state index in [2.05, 4.69) is 5.32 Å². The van der Waals surface area contributed by atoms with Crippen LogP contribution in [0.3, 0.4) is 0 Å². The van der Waals surface area contributed by atoms with Gasteiger partial charge in [0.1, 0.15) is 5.82 Å². The number of carbonyl (C=O) groups excluding carboxylic acids is 2. The molecule has 4 rings (SSSR count). The number of anilines is 2. The van der Waals surface area contributed by atoms with Gasteiger partial charge >= 0.3 is 0 Å². The Morgan fingerprint density at radius 2 is 1.94 bits per heavy atom. The standard InChI is InChI=1S/C22H22ClFN2O4S/c1-13-10-15-11-17(5-7-20(15)26(13)22(28)14-2-3-14)31(29,30)9-8-21(27)25-16-4-6-19(24)18(23)12-16/h4-7,11-14H,2-3,8-10H2,1H3,(H,25,27)/t13-/m1/s1. The number of sulfone groups is 1. The van der Waals surface area contributed by atoms with Gasteiger partial charge in [-0.15, -0.1) is 0 Å². The Hall–Kier alpha value is -2.45. The van der Waals surface area contributed by atoms with Gasteiger partial charge in [0.2, 0.25) is 11.8 Å². The molecule has 1 heterocycles. The molecule has 1 atom stereocenters. The molecule has 0 bridgehead atoms. The predicted molar refractivity (Wildman–Crippen MR) is 117 cm³/mol. The summed E-state index contributed by atoms with van der Waals surface area (Å²) in [6.07, 6.45) is 2.17. The van der Waals surface area contributed by atoms with Gasteiger partial charge in [-0.1, -0.05) is 11.6 Å². The number of hydrogen-bond donors (Lipinski definition) is 1. The van der Waals surface area contributed by atoms with Crippen molar-refractivity contribution in [1.82, 2.24) is 0 Å². The molecule has 0 saturated heterocycles. The van der Waals surface area contributed by atoms with Crippen molar-refractivity contribution >= 4 is 44.6 Å². The smallest absolute Gasteiger partial charge is 0.230 e. The second-order valence-corrected chi connectivity index (χ2v) is 10.6. The number of amides is 2. The van der Waals surface area contributed by atoms with E-state index in [-0.39, 0.29) is 40.0 Å². The zero-order chi connectivity index (χ0) is 22.3. The van der Waals surface area contributed by atoms with Crippen LogP contribution in [0.25, 0.3) is 0 Å². The van der Waals surface area contributed by atoms with Gasteiger partial charge in [-0.2, -0.15) is 0 Å². The first kappa shape index (κ1) is 21.8. The number of rotatable bonds is 6. The number of benzene rings is 2. The van der Waals surface area contributed by atoms with E-state index >= 15 is 0 Å². The van der Waals surface area contributed by atoms with Crippen LogP contribution in [-0.2, 0) is 25.8 Å². The van der Waals surface area contributed by atoms with Crippen LogP contribution >= 0.6 is 11.6 Å². The van der Waals surface area contributed by atoms with Crippen molar-refractivity contribution in [1.29, 1.82) is 0 Å². The fourth-order valence-corrected chi connectivity index (χ4v) is 5.27. The van der Waals surface area contributed by atoms with Gasteiger partial charge < -0.3 is 10.2 Å². The van der Waals surface area contributed by atoms with Gasteiger partial charge in [0.25, 0.3) is 0 Å². The molecule has 0 radical (unpaired) electrons. The van der Waals surface area contributed by atoms with E-state index in [0.717, 1.165) is 30.2 Å². The first-order valence-electron chi connectivity index (χ1n) is 10.1. The Morgan fingerprint density at radius 3 is 2.61 bits per heavy atom. The lowest BCUT2D eigenvalue weighted by Crippen LogP contribution is -2.36. The van der Waals surface area contributed by atoms with Crippen molar-refractivity contribution in [2.75, 3.05) is 16.0 Å². The van der Waals surface area contributed by atoms with Gasteiger partial charge in [-0.25, -0.2) is 12.8 Å². The number of nitrogens with zero attached hydrogens (tertiary/aromatic N) is 1. The van der Waals surface area contributed by atoms with E-state index < -0.39 is 21.6 Å². The van der Waals surface area contributed by atoms with E-state index in [4.69, 9.17) is 11.6 Å². The van der Waals surface area contributed by atoms with Crippen LogP contribution in [-0.4, -0.2) is 32.0 Å². The highest BCUT2D eigenvalue weighted by atomic mass is 35.5. The van der Waals surface area contributed by atoms with Gasteiger partial charge in [0, 0.05) is 29.8 Å². The molecule has 1 fully saturated rings. The molecule has 0 unspecified atom stereocenters. The lowest BCUT2D eigenvalue weighted by Gasteiger charge is -2.22. The molecule has 2 aliphatic rings. The molecule has 31 heavy (non-hydrogen) atoms. The summed E-state index contributed by atoms with van der Waals surface area (Å²) in [7, 11) is -3.69. The minimum absolute atomic E-state index is 0.00522. The molecule has 1 N–H and O–H groups in total. The average Bonchev–Trinajstić information content (AvgIpc) is 3.51. The van der Waals surface area contributed by atoms with Gasteiger partial charge in [0.05, 0.1) is 15.7 Å². The molecule has 1 saturated carbocycles. The SMILES string of the molecule is C[C@@H]1Cc2cc(S(=O)(=O)CCC(=O)Nc3ccc(F)c(Cl)c3)ccc2N1C(=O)C1CC1. The summed E-state index contributed by atoms with van der Waals surface area (Å²) in [5, 5.41) is 2.39. The summed E-state index contributed by atoms with van der Waals surface area (Å²) in [6.45, 7) is 1.96. The van der Waals surface area contributed by atoms with Crippen LogP contribution in [0, 0.1) is 11.7 Å². The maximum atomic E-state index is 13.2. The number of fused-ring (bicyclic) bond motifs is 1. The summed E-state index contributed by atoms with van der Waals surface area (Å²) in [6, 6.07) is 8.53. The average molecular weight is 465 g/mol. The maximum absolute atomic E-state index is 13.2. The van der Waals surface area contributed by atoms with E-state index in [1.54, 1.807) is 17.0 Å². The molecule has 164 valence electrons. The third kappa shape index (κ3) is 4.60. The Kier molecular flexibility index (Phi) is 5.79. The first-order chi connectivity index (χ1) is 14.7. The van der Waals surface area contributed by atoms with Crippen molar-refractivity contribution < 1.29 is 22.4 Å². The van der Waals surface area contributed by atoms with Gasteiger partial charge in [-0.3, -0.25) is 9.59 Å². The molecule has 2 amide bonds. The largest absolute Gasteiger partial charge is 0.326 e. The van der Waals surface area contributed by atoms with E-state index in [9.17, 15) is 22.4 Å². The number of carbonyl (C=O) groups is 2. The van der Waals surface area contributed by atoms with Gasteiger partial charge in [0.15, 0.2) is 9.84 Å². The second kappa shape index (κ2) is 8.24. The van der Waals surface area contributed by atoms with Crippen molar-refractivity contribution in [2.45, 2.75) is 43.5 Å². The highest BCUT2D eigenvalue weighted by Gasteiger charge is 2.39. The zero-order valence-corrected chi connectivity index (χ0v) is 18.5. The minimum Gasteiger partial charge on any atom is -0.326 e. The third-order valence-corrected chi connectivity index (χ3v) is 7.59. The zero-order valence-electron chi connectivity index (χ0n) is 16.9. The molecule has 1 aliphatic heterocycles. The molecule has 1 aliphatic carbocycles. The number of hydrogen-bond acceptors (Lipinski definition) is 4. The monoisotopic (exact) mass is 464 g/mol. The Balaban J connectivity index is 1.43. The molecule has 6 nitrogen and oxygen atoms in total. The predicted octanol–water partition coefficient (Wildman–Crippen LogP) is 3.97. The summed E-state index contributed by atoms with van der Waals surface area (Å²) >= 11 is 5.69. The Labute approximate surface area is 185 Å². The highest BCUT2D eigenvalue weighted by molar-refractivity contribution is 7.91. The van der Waals surface area contributed by atoms with Crippen LogP contribution < -0.4 is 10.2 Å². The Bertz CT molecular complexity index is 1160. The second-order valence-electron chi connectivity index (χ2n) is 8.07. The normalized spacial score (nSPS) is 18.0. The van der Waals surface area contributed by atoms with Crippen molar-refractivity contribution in [2.24, 2.45) is 5.92 Å². The summed E-state index contributed by atoms with van der Waals surface area (Å²) in [5.74, 6) is -1.29. The summed E-state index contributed by atoms with van der Waals surface area (Å²) in [4.78, 5) is 26.6. The van der Waals surface area contributed by atoms with Crippen LogP contribution in [0.4, 0.5) is 15.8 Å². The number of nitrogens with one attached hydrogen (secondary N) is 1. The topological polar surface area (TPSA) is 83.6 Å². The quantitative estimate of drug-likeness (QED) is 0.701. The van der Waals surface area contributed by atoms with Crippen LogP contribution in [0.5, 0.6) is 0 Å². The van der Waals surface area contributed by atoms with E-state index in [1.165, 1.54) is 18.2 Å². The molecule has 2 aromatic rings. The van der Waals surface area contributed by atoms with Gasteiger partial charge in [-0.05, 0) is 68.1 Å². The van der Waals surface area contributed by atoms with Crippen LogP contribution in [0.2, 0.25) is 5.02 Å². The van der Waals surface area contributed by atoms with Crippen molar-refractivity contribution in [3.05, 3.63) is 52.8 Å². The first-order valence-corrected chi connectivity index (χ1v) is 12.1. The fraction of sp³-hybridized carbons (Fsp3) is 0.364. The molecule has 9 heteroatoms. The Morgan fingerprint density at radius 1 is 1.19 bits per heavy atom. The van der Waals surface area contributed by atoms with Crippen LogP contribution in [0.15, 0.2) is 41.3 Å². The third-order valence-electron chi connectivity index (χ3n) is 5.59. The molecular weight excluding hydrogens is 443 g/mol. The van der Waals surface area contributed by atoms with Crippen LogP contribution in [0.1, 0.15) is 31.7 Å². The fourth-order valence-electron chi connectivity index (χ4n) is 3.81. The van der Waals surface area contributed by atoms with Crippen molar-refractivity contribution in [3.8, 4) is 0 Å². The van der Waals surface area contributed by atoms with E-state index in [0.29, 0.717) is 12.1 Å². The molecule has 2 aromatic carbocycles. The lowest BCUT2D eigenvalue weighted by atomic mass is 10.1. The molecule has 0 spiro atoms.